The Kier molecular flexibility index (Phi) is 4.72. The number of hydrogen-bond acceptors (Lipinski definition) is 4. The lowest BCUT2D eigenvalue weighted by Gasteiger charge is -2.30. The van der Waals surface area contributed by atoms with Crippen LogP contribution >= 0.6 is 0 Å². The molecule has 136 valence electrons. The molecule has 0 bridgehead atoms. The van der Waals surface area contributed by atoms with E-state index >= 15 is 0 Å². The highest BCUT2D eigenvalue weighted by Gasteiger charge is 2.23. The molecule has 0 amide bonds. The van der Waals surface area contributed by atoms with Crippen LogP contribution in [0.2, 0.25) is 0 Å². The maximum atomic E-state index is 13.2. The van der Waals surface area contributed by atoms with Crippen LogP contribution in [0.25, 0.3) is 5.57 Å². The molecule has 5 heteroatoms. The minimum Gasteiger partial charge on any atom is -0.352 e. The quantitative estimate of drug-likeness (QED) is 0.831. The van der Waals surface area contributed by atoms with Crippen molar-refractivity contribution in [3.8, 4) is 0 Å². The van der Waals surface area contributed by atoms with Gasteiger partial charge in [0.1, 0.15) is 17.5 Å². The lowest BCUT2D eigenvalue weighted by molar-refractivity contribution is 0.352. The lowest BCUT2D eigenvalue weighted by Crippen LogP contribution is -2.31. The second kappa shape index (κ2) is 7.16. The van der Waals surface area contributed by atoms with Gasteiger partial charge in [-0.2, -0.15) is 0 Å². The average molecular weight is 352 g/mol. The van der Waals surface area contributed by atoms with Crippen molar-refractivity contribution in [2.24, 2.45) is 0 Å². The molecule has 2 aliphatic rings. The van der Waals surface area contributed by atoms with Gasteiger partial charge in [-0.25, -0.2) is 14.4 Å². The van der Waals surface area contributed by atoms with Crippen LogP contribution in [0.1, 0.15) is 29.1 Å². The normalized spacial score (nSPS) is 18.3. The summed E-state index contributed by atoms with van der Waals surface area (Å²) in [7, 11) is 2.17. The number of anilines is 1. The first-order chi connectivity index (χ1) is 12.6. The Balaban J connectivity index is 1.60. The number of halogens is 1. The summed E-state index contributed by atoms with van der Waals surface area (Å²) in [6.45, 7) is 5.87. The molecule has 0 spiro atoms. The summed E-state index contributed by atoms with van der Waals surface area (Å²) in [6.07, 6.45) is 5.20. The third-order valence-electron chi connectivity index (χ3n) is 5.38. The van der Waals surface area contributed by atoms with Crippen LogP contribution in [0.15, 0.2) is 30.3 Å². The van der Waals surface area contributed by atoms with Crippen molar-refractivity contribution < 1.29 is 4.39 Å². The van der Waals surface area contributed by atoms with Crippen LogP contribution in [0.5, 0.6) is 0 Å². The van der Waals surface area contributed by atoms with E-state index in [9.17, 15) is 4.39 Å². The first kappa shape index (κ1) is 17.2. The predicted octanol–water partition coefficient (Wildman–Crippen LogP) is 3.25. The van der Waals surface area contributed by atoms with Crippen LogP contribution in [-0.4, -0.2) is 48.1 Å². The van der Waals surface area contributed by atoms with Gasteiger partial charge in [-0.15, -0.1) is 0 Å². The molecule has 0 fully saturated rings. The van der Waals surface area contributed by atoms with Crippen molar-refractivity contribution in [3.63, 3.8) is 0 Å². The van der Waals surface area contributed by atoms with Crippen molar-refractivity contribution in [2.45, 2.75) is 26.2 Å². The van der Waals surface area contributed by atoms with E-state index in [1.165, 1.54) is 29.0 Å². The summed E-state index contributed by atoms with van der Waals surface area (Å²) in [5.41, 5.74) is 4.94. The van der Waals surface area contributed by atoms with E-state index in [1.54, 1.807) is 0 Å². The van der Waals surface area contributed by atoms with E-state index in [1.807, 2.05) is 19.1 Å². The minimum atomic E-state index is -0.184. The second-order valence-corrected chi connectivity index (χ2v) is 7.26. The molecule has 0 atom stereocenters. The number of benzene rings is 1. The van der Waals surface area contributed by atoms with Gasteiger partial charge in [0.25, 0.3) is 0 Å². The summed E-state index contributed by atoms with van der Waals surface area (Å²) in [6, 6.07) is 6.81. The monoisotopic (exact) mass is 352 g/mol. The molecule has 2 aromatic rings. The molecule has 0 saturated heterocycles. The average Bonchev–Trinajstić information content (AvgIpc) is 2.84. The number of hydrogen-bond donors (Lipinski definition) is 0. The lowest BCUT2D eigenvalue weighted by atomic mass is 9.99. The number of aryl methyl sites for hydroxylation is 1. The zero-order valence-electron chi connectivity index (χ0n) is 15.5. The number of aromatic nitrogens is 2. The van der Waals surface area contributed by atoms with Crippen molar-refractivity contribution in [1.29, 1.82) is 0 Å². The molecule has 0 aliphatic carbocycles. The molecular formula is C21H25FN4. The van der Waals surface area contributed by atoms with E-state index in [2.05, 4.69) is 22.9 Å². The van der Waals surface area contributed by atoms with Crippen molar-refractivity contribution >= 4 is 11.4 Å². The second-order valence-electron chi connectivity index (χ2n) is 7.26. The summed E-state index contributed by atoms with van der Waals surface area (Å²) in [5.74, 6) is 1.78. The highest BCUT2D eigenvalue weighted by Crippen LogP contribution is 2.29. The van der Waals surface area contributed by atoms with Crippen LogP contribution < -0.4 is 4.90 Å². The van der Waals surface area contributed by atoms with E-state index in [0.717, 1.165) is 62.6 Å². The third-order valence-corrected chi connectivity index (χ3v) is 5.38. The predicted molar refractivity (Wildman–Crippen MR) is 103 cm³/mol. The van der Waals surface area contributed by atoms with Crippen molar-refractivity contribution in [3.05, 3.63) is 58.8 Å². The van der Waals surface area contributed by atoms with Gasteiger partial charge >= 0.3 is 0 Å². The van der Waals surface area contributed by atoms with Crippen LogP contribution in [0.3, 0.4) is 0 Å². The maximum absolute atomic E-state index is 13.2. The summed E-state index contributed by atoms with van der Waals surface area (Å²) < 4.78 is 13.2. The Bertz CT molecular complexity index is 829. The Hall–Kier alpha value is -2.27. The Morgan fingerprint density at radius 2 is 1.73 bits per heavy atom. The summed E-state index contributed by atoms with van der Waals surface area (Å²) in [5, 5.41) is 0. The molecule has 0 saturated carbocycles. The molecule has 4 nitrogen and oxygen atoms in total. The Labute approximate surface area is 154 Å². The van der Waals surface area contributed by atoms with Crippen molar-refractivity contribution in [1.82, 2.24) is 14.9 Å². The molecule has 4 rings (SSSR count). The zero-order valence-corrected chi connectivity index (χ0v) is 15.5. The van der Waals surface area contributed by atoms with Crippen LogP contribution in [0.4, 0.5) is 10.2 Å². The zero-order chi connectivity index (χ0) is 18.1. The Morgan fingerprint density at radius 3 is 2.46 bits per heavy atom. The maximum Gasteiger partial charge on any atom is 0.136 e. The van der Waals surface area contributed by atoms with Crippen molar-refractivity contribution in [2.75, 3.05) is 38.1 Å². The fraction of sp³-hybridized carbons (Fsp3) is 0.429. The first-order valence-electron chi connectivity index (χ1n) is 9.35. The fourth-order valence-corrected chi connectivity index (χ4v) is 3.86. The summed E-state index contributed by atoms with van der Waals surface area (Å²) in [4.78, 5) is 14.3. The molecule has 1 aromatic heterocycles. The minimum absolute atomic E-state index is 0.184. The Morgan fingerprint density at radius 1 is 0.962 bits per heavy atom. The van der Waals surface area contributed by atoms with Gasteiger partial charge in [-0.1, -0.05) is 18.2 Å². The van der Waals surface area contributed by atoms with E-state index in [-0.39, 0.29) is 5.82 Å². The highest BCUT2D eigenvalue weighted by molar-refractivity contribution is 5.68. The molecule has 0 unspecified atom stereocenters. The van der Waals surface area contributed by atoms with Gasteiger partial charge < -0.3 is 9.80 Å². The number of likely N-dealkylation sites (N-methyl/N-ethyl adjacent to an activating group) is 1. The summed E-state index contributed by atoms with van der Waals surface area (Å²) >= 11 is 0. The molecule has 1 aromatic carbocycles. The largest absolute Gasteiger partial charge is 0.352 e. The van der Waals surface area contributed by atoms with Gasteiger partial charge in [0.05, 0.1) is 5.69 Å². The van der Waals surface area contributed by atoms with Gasteiger partial charge in [0.15, 0.2) is 0 Å². The SMILES string of the molecule is Cc1nc2c(c(N3CC=C(c4ccc(F)cc4)CC3)n1)CCN(C)CC2. The first-order valence-corrected chi connectivity index (χ1v) is 9.35. The number of fused-ring (bicyclic) bond motifs is 1. The molecule has 26 heavy (non-hydrogen) atoms. The smallest absolute Gasteiger partial charge is 0.136 e. The van der Waals surface area contributed by atoms with E-state index < -0.39 is 0 Å². The molecule has 3 heterocycles. The molecule has 0 radical (unpaired) electrons. The van der Waals surface area contributed by atoms with Gasteiger partial charge in [0, 0.05) is 38.2 Å². The van der Waals surface area contributed by atoms with Gasteiger partial charge in [0.2, 0.25) is 0 Å². The highest BCUT2D eigenvalue weighted by atomic mass is 19.1. The van der Waals surface area contributed by atoms with Gasteiger partial charge in [-0.3, -0.25) is 0 Å². The van der Waals surface area contributed by atoms with Crippen LogP contribution in [0, 0.1) is 12.7 Å². The van der Waals surface area contributed by atoms with E-state index in [4.69, 9.17) is 9.97 Å². The number of rotatable bonds is 2. The molecule has 2 aliphatic heterocycles. The standard InChI is InChI=1S/C21H25FN4/c1-15-23-20-10-12-25(2)11-9-19(20)21(24-15)26-13-7-17(8-14-26)16-3-5-18(22)6-4-16/h3-7H,8-14H2,1-2H3. The molecule has 0 N–H and O–H groups in total. The molecular weight excluding hydrogens is 327 g/mol. The fourth-order valence-electron chi connectivity index (χ4n) is 3.86. The topological polar surface area (TPSA) is 32.3 Å². The number of nitrogens with zero attached hydrogens (tertiary/aromatic N) is 4. The van der Waals surface area contributed by atoms with E-state index in [0.29, 0.717) is 0 Å². The third kappa shape index (κ3) is 3.49. The van der Waals surface area contributed by atoms with Crippen LogP contribution in [-0.2, 0) is 12.8 Å². The van der Waals surface area contributed by atoms with Gasteiger partial charge in [-0.05, 0) is 50.1 Å².